The number of amides is 1. The van der Waals surface area contributed by atoms with Crippen LogP contribution in [-0.2, 0) is 16.0 Å². The van der Waals surface area contributed by atoms with E-state index in [0.717, 1.165) is 11.1 Å². The van der Waals surface area contributed by atoms with Crippen LogP contribution in [0.5, 0.6) is 0 Å². The standard InChI is InChI=1S/C19H19NO3S/c21-17-11-12-24-18(15-9-5-2-6-10-15)20(17)16(19(22)23)13-14-7-3-1-4-8-14/h1-10,16,18H,11-13H2,(H,22,23)/t16-,18?/m0/s1. The molecule has 4 nitrogen and oxygen atoms in total. The summed E-state index contributed by atoms with van der Waals surface area (Å²) in [6, 6.07) is 18.2. The third-order valence-electron chi connectivity index (χ3n) is 4.11. The summed E-state index contributed by atoms with van der Waals surface area (Å²) in [6.45, 7) is 0. The molecule has 0 saturated carbocycles. The Morgan fingerprint density at radius 2 is 1.75 bits per heavy atom. The van der Waals surface area contributed by atoms with Crippen LogP contribution < -0.4 is 0 Å². The smallest absolute Gasteiger partial charge is 0.326 e. The number of aliphatic carboxylic acids is 1. The summed E-state index contributed by atoms with van der Waals surface area (Å²) in [5, 5.41) is 9.51. The van der Waals surface area contributed by atoms with Gasteiger partial charge in [0.2, 0.25) is 5.91 Å². The number of hydrogen-bond acceptors (Lipinski definition) is 3. The molecule has 0 aliphatic carbocycles. The van der Waals surface area contributed by atoms with Crippen LogP contribution in [-0.4, -0.2) is 33.7 Å². The van der Waals surface area contributed by atoms with Gasteiger partial charge in [-0.05, 0) is 11.1 Å². The van der Waals surface area contributed by atoms with Crippen molar-refractivity contribution < 1.29 is 14.7 Å². The molecule has 124 valence electrons. The average Bonchev–Trinajstić information content (AvgIpc) is 2.61. The van der Waals surface area contributed by atoms with Crippen molar-refractivity contribution in [1.82, 2.24) is 4.90 Å². The van der Waals surface area contributed by atoms with E-state index in [1.807, 2.05) is 60.7 Å². The van der Waals surface area contributed by atoms with Gasteiger partial charge in [0.05, 0.1) is 0 Å². The highest BCUT2D eigenvalue weighted by Gasteiger charge is 2.38. The lowest BCUT2D eigenvalue weighted by Gasteiger charge is -2.39. The van der Waals surface area contributed by atoms with Crippen molar-refractivity contribution in [2.75, 3.05) is 5.75 Å². The molecule has 0 aromatic heterocycles. The first kappa shape index (κ1) is 16.6. The van der Waals surface area contributed by atoms with Crippen molar-refractivity contribution >= 4 is 23.6 Å². The number of rotatable bonds is 5. The summed E-state index contributed by atoms with van der Waals surface area (Å²) >= 11 is 1.63. The fourth-order valence-electron chi connectivity index (χ4n) is 2.95. The maximum absolute atomic E-state index is 12.6. The minimum atomic E-state index is -0.962. The van der Waals surface area contributed by atoms with Crippen LogP contribution in [0.3, 0.4) is 0 Å². The van der Waals surface area contributed by atoms with Gasteiger partial charge < -0.3 is 10.0 Å². The number of carbonyl (C=O) groups excluding carboxylic acids is 1. The van der Waals surface area contributed by atoms with E-state index >= 15 is 0 Å². The van der Waals surface area contributed by atoms with E-state index in [2.05, 4.69) is 0 Å². The van der Waals surface area contributed by atoms with Crippen LogP contribution >= 0.6 is 11.8 Å². The van der Waals surface area contributed by atoms with Gasteiger partial charge in [-0.15, -0.1) is 11.8 Å². The molecule has 0 radical (unpaired) electrons. The first-order chi connectivity index (χ1) is 11.7. The van der Waals surface area contributed by atoms with Crippen molar-refractivity contribution in [2.45, 2.75) is 24.3 Å². The molecule has 3 rings (SSSR count). The largest absolute Gasteiger partial charge is 0.480 e. The number of nitrogens with zero attached hydrogens (tertiary/aromatic N) is 1. The summed E-state index contributed by atoms with van der Waals surface area (Å²) in [7, 11) is 0. The van der Waals surface area contributed by atoms with Crippen LogP contribution in [0.1, 0.15) is 22.9 Å². The summed E-state index contributed by atoms with van der Waals surface area (Å²) in [5.41, 5.74) is 1.88. The van der Waals surface area contributed by atoms with Crippen molar-refractivity contribution in [3.05, 3.63) is 71.8 Å². The number of thioether (sulfide) groups is 1. The van der Waals surface area contributed by atoms with Gasteiger partial charge in [-0.25, -0.2) is 4.79 Å². The normalized spacial score (nSPS) is 19.1. The van der Waals surface area contributed by atoms with Gasteiger partial charge in [0.25, 0.3) is 0 Å². The molecule has 1 aliphatic rings. The Labute approximate surface area is 145 Å². The van der Waals surface area contributed by atoms with Crippen LogP contribution in [0.25, 0.3) is 0 Å². The minimum Gasteiger partial charge on any atom is -0.480 e. The molecular formula is C19H19NO3S. The van der Waals surface area contributed by atoms with E-state index in [-0.39, 0.29) is 11.3 Å². The van der Waals surface area contributed by atoms with E-state index in [1.165, 1.54) is 0 Å². The molecule has 2 aromatic rings. The number of hydrogen-bond donors (Lipinski definition) is 1. The van der Waals surface area contributed by atoms with Gasteiger partial charge in [0.1, 0.15) is 11.4 Å². The molecule has 2 aromatic carbocycles. The molecule has 1 unspecified atom stereocenters. The Balaban J connectivity index is 1.93. The Bertz CT molecular complexity index is 705. The molecule has 0 bridgehead atoms. The Hall–Kier alpha value is -2.27. The summed E-state index contributed by atoms with van der Waals surface area (Å²) in [6.07, 6.45) is 0.693. The zero-order valence-corrected chi connectivity index (χ0v) is 14.0. The third-order valence-corrected chi connectivity index (χ3v) is 5.36. The molecule has 0 spiro atoms. The molecule has 1 amide bonds. The number of carboxylic acid groups (broad SMARTS) is 1. The van der Waals surface area contributed by atoms with Gasteiger partial charge >= 0.3 is 5.97 Å². The van der Waals surface area contributed by atoms with Crippen LogP contribution in [0, 0.1) is 0 Å². The zero-order chi connectivity index (χ0) is 16.9. The molecule has 24 heavy (non-hydrogen) atoms. The van der Waals surface area contributed by atoms with E-state index in [4.69, 9.17) is 0 Å². The van der Waals surface area contributed by atoms with E-state index in [0.29, 0.717) is 18.6 Å². The molecule has 1 aliphatic heterocycles. The van der Waals surface area contributed by atoms with E-state index < -0.39 is 12.0 Å². The lowest BCUT2D eigenvalue weighted by atomic mass is 10.0. The van der Waals surface area contributed by atoms with Gasteiger partial charge in [0, 0.05) is 18.6 Å². The zero-order valence-electron chi connectivity index (χ0n) is 13.2. The molecule has 5 heteroatoms. The Morgan fingerprint density at radius 1 is 1.12 bits per heavy atom. The summed E-state index contributed by atoms with van der Waals surface area (Å²) < 4.78 is 0. The van der Waals surface area contributed by atoms with Crippen molar-refractivity contribution in [2.24, 2.45) is 0 Å². The molecule has 1 saturated heterocycles. The van der Waals surface area contributed by atoms with Crippen LogP contribution in [0.2, 0.25) is 0 Å². The number of carboxylic acids is 1. The van der Waals surface area contributed by atoms with Crippen molar-refractivity contribution in [1.29, 1.82) is 0 Å². The second-order valence-electron chi connectivity index (χ2n) is 5.73. The second-order valence-corrected chi connectivity index (χ2v) is 6.92. The van der Waals surface area contributed by atoms with Gasteiger partial charge in [0.15, 0.2) is 0 Å². The Kier molecular flexibility index (Phi) is 5.20. The van der Waals surface area contributed by atoms with Crippen LogP contribution in [0.15, 0.2) is 60.7 Å². The molecule has 1 N–H and O–H groups in total. The molecule has 2 atom stereocenters. The van der Waals surface area contributed by atoms with Gasteiger partial charge in [-0.2, -0.15) is 0 Å². The monoisotopic (exact) mass is 341 g/mol. The highest BCUT2D eigenvalue weighted by atomic mass is 32.2. The molecule has 1 fully saturated rings. The second kappa shape index (κ2) is 7.53. The highest BCUT2D eigenvalue weighted by Crippen LogP contribution is 2.39. The van der Waals surface area contributed by atoms with Crippen LogP contribution in [0.4, 0.5) is 0 Å². The molecular weight excluding hydrogens is 322 g/mol. The average molecular weight is 341 g/mol. The highest BCUT2D eigenvalue weighted by molar-refractivity contribution is 7.99. The first-order valence-electron chi connectivity index (χ1n) is 7.91. The topological polar surface area (TPSA) is 57.6 Å². The molecule has 1 heterocycles. The maximum Gasteiger partial charge on any atom is 0.326 e. The predicted octanol–water partition coefficient (Wildman–Crippen LogP) is 3.35. The third kappa shape index (κ3) is 3.62. The summed E-state index contributed by atoms with van der Waals surface area (Å²) in [5.74, 6) is -0.339. The Morgan fingerprint density at radius 3 is 2.38 bits per heavy atom. The van der Waals surface area contributed by atoms with Gasteiger partial charge in [-0.1, -0.05) is 60.7 Å². The van der Waals surface area contributed by atoms with E-state index in [1.54, 1.807) is 16.7 Å². The van der Waals surface area contributed by atoms with Crippen molar-refractivity contribution in [3.63, 3.8) is 0 Å². The lowest BCUT2D eigenvalue weighted by Crippen LogP contribution is -2.49. The maximum atomic E-state index is 12.6. The SMILES string of the molecule is O=C(O)[C@H](Cc1ccccc1)N1C(=O)CCSC1c1ccccc1. The fourth-order valence-corrected chi connectivity index (χ4v) is 4.24. The fraction of sp³-hybridized carbons (Fsp3) is 0.263. The first-order valence-corrected chi connectivity index (χ1v) is 8.96. The summed E-state index contributed by atoms with van der Waals surface area (Å²) in [4.78, 5) is 26.0. The van der Waals surface area contributed by atoms with E-state index in [9.17, 15) is 14.7 Å². The van der Waals surface area contributed by atoms with Crippen molar-refractivity contribution in [3.8, 4) is 0 Å². The van der Waals surface area contributed by atoms with Gasteiger partial charge in [-0.3, -0.25) is 4.79 Å². The lowest BCUT2D eigenvalue weighted by molar-refractivity contribution is -0.151. The quantitative estimate of drug-likeness (QED) is 0.906. The predicted molar refractivity (Wildman–Crippen MR) is 94.7 cm³/mol. The minimum absolute atomic E-state index is 0.0917. The number of benzene rings is 2. The number of carbonyl (C=O) groups is 2.